The SMILES string of the molecule is COc1ccccc1N1CCN2c3ccc(C(F)(F)F)cc3C[C@@H](C(=O)NCCC(C)C)[C@H]2C1. The Kier molecular flexibility index (Phi) is 6.96. The molecule has 4 rings (SSSR count). The third-order valence-corrected chi connectivity index (χ3v) is 6.82. The number of anilines is 2. The number of fused-ring (bicyclic) bond motifs is 3. The van der Waals surface area contributed by atoms with Crippen LogP contribution in [0.15, 0.2) is 42.5 Å². The summed E-state index contributed by atoms with van der Waals surface area (Å²) in [6.45, 7) is 6.62. The molecule has 34 heavy (non-hydrogen) atoms. The summed E-state index contributed by atoms with van der Waals surface area (Å²) in [7, 11) is 1.63. The molecule has 0 aliphatic carbocycles. The molecular formula is C26H32F3N3O2. The molecule has 8 heteroatoms. The van der Waals surface area contributed by atoms with Crippen molar-refractivity contribution >= 4 is 17.3 Å². The predicted molar refractivity (Wildman–Crippen MR) is 127 cm³/mol. The van der Waals surface area contributed by atoms with Gasteiger partial charge in [0.25, 0.3) is 0 Å². The normalized spacial score (nSPS) is 20.1. The number of carbonyl (C=O) groups excluding carboxylic acids is 1. The van der Waals surface area contributed by atoms with Crippen molar-refractivity contribution in [1.29, 1.82) is 0 Å². The maximum absolute atomic E-state index is 13.4. The minimum atomic E-state index is -4.41. The van der Waals surface area contributed by atoms with E-state index < -0.39 is 17.7 Å². The van der Waals surface area contributed by atoms with Gasteiger partial charge in [-0.1, -0.05) is 26.0 Å². The average molecular weight is 476 g/mol. The van der Waals surface area contributed by atoms with Gasteiger partial charge in [0.1, 0.15) is 5.75 Å². The molecule has 1 saturated heterocycles. The van der Waals surface area contributed by atoms with Gasteiger partial charge in [-0.15, -0.1) is 0 Å². The predicted octanol–water partition coefficient (Wildman–Crippen LogP) is 4.74. The van der Waals surface area contributed by atoms with Crippen LogP contribution in [0.1, 0.15) is 31.4 Å². The largest absolute Gasteiger partial charge is 0.495 e. The molecule has 0 radical (unpaired) electrons. The summed E-state index contributed by atoms with van der Waals surface area (Å²) in [5.41, 5.74) is 1.67. The van der Waals surface area contributed by atoms with Gasteiger partial charge in [-0.3, -0.25) is 4.79 Å². The van der Waals surface area contributed by atoms with Crippen molar-refractivity contribution in [3.8, 4) is 5.75 Å². The highest BCUT2D eigenvalue weighted by Crippen LogP contribution is 2.41. The number of carbonyl (C=O) groups is 1. The van der Waals surface area contributed by atoms with Crippen molar-refractivity contribution in [3.63, 3.8) is 0 Å². The Morgan fingerprint density at radius 3 is 2.62 bits per heavy atom. The Morgan fingerprint density at radius 1 is 1.15 bits per heavy atom. The molecule has 0 aromatic heterocycles. The lowest BCUT2D eigenvalue weighted by molar-refractivity contribution is -0.137. The van der Waals surface area contributed by atoms with Gasteiger partial charge in [-0.25, -0.2) is 0 Å². The fraction of sp³-hybridized carbons (Fsp3) is 0.500. The first-order chi connectivity index (χ1) is 16.2. The molecule has 1 fully saturated rings. The van der Waals surface area contributed by atoms with E-state index in [9.17, 15) is 18.0 Å². The minimum Gasteiger partial charge on any atom is -0.495 e. The van der Waals surface area contributed by atoms with Crippen LogP contribution in [0.4, 0.5) is 24.5 Å². The van der Waals surface area contributed by atoms with E-state index in [1.165, 1.54) is 6.07 Å². The Labute approximate surface area is 198 Å². The molecule has 2 aromatic rings. The van der Waals surface area contributed by atoms with Crippen LogP contribution in [-0.4, -0.2) is 45.2 Å². The Hall–Kier alpha value is -2.90. The van der Waals surface area contributed by atoms with Gasteiger partial charge in [-0.05, 0) is 54.7 Å². The van der Waals surface area contributed by atoms with E-state index in [2.05, 4.69) is 29.0 Å². The average Bonchev–Trinajstić information content (AvgIpc) is 2.81. The number of alkyl halides is 3. The van der Waals surface area contributed by atoms with Crippen molar-refractivity contribution in [2.75, 3.05) is 43.1 Å². The molecule has 1 amide bonds. The molecule has 5 nitrogen and oxygen atoms in total. The molecule has 2 aliphatic heterocycles. The smallest absolute Gasteiger partial charge is 0.416 e. The molecule has 2 aliphatic rings. The van der Waals surface area contributed by atoms with Crippen molar-refractivity contribution < 1.29 is 22.7 Å². The van der Waals surface area contributed by atoms with E-state index >= 15 is 0 Å². The lowest BCUT2D eigenvalue weighted by Crippen LogP contribution is -2.61. The van der Waals surface area contributed by atoms with Crippen LogP contribution >= 0.6 is 0 Å². The van der Waals surface area contributed by atoms with Gasteiger partial charge in [0.15, 0.2) is 0 Å². The van der Waals surface area contributed by atoms with Gasteiger partial charge in [0, 0.05) is 31.9 Å². The second-order valence-corrected chi connectivity index (χ2v) is 9.50. The second-order valence-electron chi connectivity index (χ2n) is 9.50. The van der Waals surface area contributed by atoms with Crippen molar-refractivity contribution in [2.45, 2.75) is 38.9 Å². The fourth-order valence-corrected chi connectivity index (χ4v) is 5.02. The molecule has 0 saturated carbocycles. The van der Waals surface area contributed by atoms with Gasteiger partial charge in [-0.2, -0.15) is 13.2 Å². The Morgan fingerprint density at radius 2 is 1.91 bits per heavy atom. The Bertz CT molecular complexity index is 1020. The topological polar surface area (TPSA) is 44.8 Å². The van der Waals surface area contributed by atoms with Crippen LogP contribution in [0.3, 0.4) is 0 Å². The lowest BCUT2D eigenvalue weighted by Gasteiger charge is -2.49. The molecule has 2 heterocycles. The quantitative estimate of drug-likeness (QED) is 0.655. The number of nitrogens with zero attached hydrogens (tertiary/aromatic N) is 2. The van der Waals surface area contributed by atoms with E-state index in [4.69, 9.17) is 4.74 Å². The zero-order valence-corrected chi connectivity index (χ0v) is 19.9. The van der Waals surface area contributed by atoms with Crippen LogP contribution in [0.5, 0.6) is 5.75 Å². The van der Waals surface area contributed by atoms with Gasteiger partial charge in [0.2, 0.25) is 5.91 Å². The lowest BCUT2D eigenvalue weighted by atomic mass is 9.82. The van der Waals surface area contributed by atoms with E-state index in [1.807, 2.05) is 24.3 Å². The molecule has 184 valence electrons. The van der Waals surface area contributed by atoms with Crippen molar-refractivity contribution in [3.05, 3.63) is 53.6 Å². The molecule has 0 unspecified atom stereocenters. The van der Waals surface area contributed by atoms with Crippen LogP contribution in [0.2, 0.25) is 0 Å². The second kappa shape index (κ2) is 9.76. The monoisotopic (exact) mass is 475 g/mol. The number of amides is 1. The minimum absolute atomic E-state index is 0.0967. The fourth-order valence-electron chi connectivity index (χ4n) is 5.02. The summed E-state index contributed by atoms with van der Waals surface area (Å²) >= 11 is 0. The van der Waals surface area contributed by atoms with E-state index in [1.54, 1.807) is 13.2 Å². The van der Waals surface area contributed by atoms with E-state index in [-0.39, 0.29) is 18.4 Å². The highest BCUT2D eigenvalue weighted by Gasteiger charge is 2.43. The van der Waals surface area contributed by atoms with E-state index in [0.717, 1.165) is 29.6 Å². The van der Waals surface area contributed by atoms with Crippen molar-refractivity contribution in [1.82, 2.24) is 5.32 Å². The zero-order chi connectivity index (χ0) is 24.5. The number of nitrogens with one attached hydrogen (secondary N) is 1. The van der Waals surface area contributed by atoms with Gasteiger partial charge >= 0.3 is 6.18 Å². The summed E-state index contributed by atoms with van der Waals surface area (Å²) < 4.78 is 45.7. The first-order valence-electron chi connectivity index (χ1n) is 11.8. The number of ether oxygens (including phenoxy) is 1. The van der Waals surface area contributed by atoms with Crippen LogP contribution in [0.25, 0.3) is 0 Å². The number of hydrogen-bond acceptors (Lipinski definition) is 4. The summed E-state index contributed by atoms with van der Waals surface area (Å²) in [6.07, 6.45) is -3.27. The molecule has 2 aromatic carbocycles. The summed E-state index contributed by atoms with van der Waals surface area (Å²) in [5, 5.41) is 3.04. The number of rotatable bonds is 6. The highest BCUT2D eigenvalue weighted by atomic mass is 19.4. The standard InChI is InChI=1S/C26H32F3N3O2/c1-17(2)10-11-30-25(33)20-15-18-14-19(26(27,28)29)8-9-21(18)32-13-12-31(16-23(20)32)22-6-4-5-7-24(22)34-3/h4-9,14,17,20,23H,10-13,15-16H2,1-3H3,(H,30,33)/t20-,23-/m1/s1. The molecule has 2 atom stereocenters. The third kappa shape index (κ3) is 4.95. The van der Waals surface area contributed by atoms with Crippen molar-refractivity contribution in [2.24, 2.45) is 11.8 Å². The van der Waals surface area contributed by atoms with Crippen LogP contribution < -0.4 is 19.9 Å². The number of benzene rings is 2. The zero-order valence-electron chi connectivity index (χ0n) is 19.9. The number of hydrogen-bond donors (Lipinski definition) is 1. The summed E-state index contributed by atoms with van der Waals surface area (Å²) in [6, 6.07) is 11.6. The van der Waals surface area contributed by atoms with Crippen LogP contribution in [-0.2, 0) is 17.4 Å². The maximum atomic E-state index is 13.4. The highest BCUT2D eigenvalue weighted by molar-refractivity contribution is 5.82. The van der Waals surface area contributed by atoms with E-state index in [0.29, 0.717) is 37.7 Å². The molecular weight excluding hydrogens is 443 g/mol. The number of para-hydroxylation sites is 2. The number of methoxy groups -OCH3 is 1. The maximum Gasteiger partial charge on any atom is 0.416 e. The third-order valence-electron chi connectivity index (χ3n) is 6.82. The van der Waals surface area contributed by atoms with Crippen LogP contribution in [0, 0.1) is 11.8 Å². The number of piperazine rings is 1. The molecule has 0 spiro atoms. The first-order valence-corrected chi connectivity index (χ1v) is 11.8. The summed E-state index contributed by atoms with van der Waals surface area (Å²) in [5.74, 6) is 0.676. The summed E-state index contributed by atoms with van der Waals surface area (Å²) in [4.78, 5) is 17.6. The Balaban J connectivity index is 1.65. The molecule has 1 N–H and O–H groups in total. The number of halogens is 3. The first kappa shape index (κ1) is 24.2. The van der Waals surface area contributed by atoms with Gasteiger partial charge in [0.05, 0.1) is 30.3 Å². The van der Waals surface area contributed by atoms with Gasteiger partial charge < -0.3 is 19.9 Å². The molecule has 0 bridgehead atoms.